The van der Waals surface area contributed by atoms with Crippen LogP contribution in [0, 0.1) is 24.1 Å². The third kappa shape index (κ3) is 3.25. The third-order valence-electron chi connectivity index (χ3n) is 2.30. The Hall–Kier alpha value is -1.45. The van der Waals surface area contributed by atoms with Crippen molar-refractivity contribution in [2.75, 3.05) is 0 Å². The van der Waals surface area contributed by atoms with Crippen molar-refractivity contribution in [2.45, 2.75) is 31.2 Å². The summed E-state index contributed by atoms with van der Waals surface area (Å²) < 4.78 is 39.1. The zero-order chi connectivity index (χ0) is 13.1. The second-order valence-electron chi connectivity index (χ2n) is 3.62. The molecule has 1 atom stereocenters. The molecule has 1 N–H and O–H groups in total. The summed E-state index contributed by atoms with van der Waals surface area (Å²) in [5.74, 6) is -0.624. The van der Waals surface area contributed by atoms with Gasteiger partial charge >= 0.3 is 0 Å². The van der Waals surface area contributed by atoms with Crippen LogP contribution in [0.2, 0.25) is 0 Å². The van der Waals surface area contributed by atoms with Gasteiger partial charge in [-0.25, -0.2) is 12.8 Å². The molecular weight excluding hydrogens is 243 g/mol. The van der Waals surface area contributed by atoms with Gasteiger partial charge in [-0.3, -0.25) is 0 Å². The van der Waals surface area contributed by atoms with E-state index in [9.17, 15) is 12.8 Å². The molecule has 0 saturated carbocycles. The maximum absolute atomic E-state index is 13.0. The standard InChI is InChI=1S/C11H13FN2O2S/c1-3-10(7-13)14-17(15,16)11-6-9(12)5-4-8(11)2/h4-6,10,14H,3H2,1-2H3. The highest BCUT2D eigenvalue weighted by atomic mass is 32.2. The Kier molecular flexibility index (Phi) is 4.21. The van der Waals surface area contributed by atoms with E-state index in [4.69, 9.17) is 5.26 Å². The molecule has 0 saturated heterocycles. The van der Waals surface area contributed by atoms with Crippen molar-refractivity contribution in [3.63, 3.8) is 0 Å². The Morgan fingerprint density at radius 2 is 2.18 bits per heavy atom. The van der Waals surface area contributed by atoms with Crippen LogP contribution in [-0.4, -0.2) is 14.5 Å². The number of nitriles is 1. The molecule has 1 unspecified atom stereocenters. The molecule has 0 bridgehead atoms. The summed E-state index contributed by atoms with van der Waals surface area (Å²) in [5, 5.41) is 8.71. The zero-order valence-corrected chi connectivity index (χ0v) is 10.4. The maximum atomic E-state index is 13.0. The van der Waals surface area contributed by atoms with Crippen LogP contribution in [-0.2, 0) is 10.0 Å². The Balaban J connectivity index is 3.14. The smallest absolute Gasteiger partial charge is 0.207 e. The molecular formula is C11H13FN2O2S. The summed E-state index contributed by atoms with van der Waals surface area (Å²) in [6, 6.07) is 4.55. The van der Waals surface area contributed by atoms with E-state index in [0.29, 0.717) is 12.0 Å². The predicted octanol–water partition coefficient (Wildman–Crippen LogP) is 1.71. The first kappa shape index (κ1) is 13.6. The van der Waals surface area contributed by atoms with Gasteiger partial charge in [0.15, 0.2) is 0 Å². The SMILES string of the molecule is CCC(C#N)NS(=O)(=O)c1cc(F)ccc1C. The van der Waals surface area contributed by atoms with Crippen molar-refractivity contribution >= 4 is 10.0 Å². The molecule has 1 rings (SSSR count). The van der Waals surface area contributed by atoms with Gasteiger partial charge in [-0.2, -0.15) is 9.98 Å². The fourth-order valence-electron chi connectivity index (χ4n) is 1.32. The Morgan fingerprint density at radius 1 is 1.53 bits per heavy atom. The van der Waals surface area contributed by atoms with Crippen LogP contribution in [0.25, 0.3) is 0 Å². The number of halogens is 1. The molecule has 1 aromatic carbocycles. The molecule has 0 aliphatic heterocycles. The lowest BCUT2D eigenvalue weighted by Crippen LogP contribution is -2.33. The molecule has 0 radical (unpaired) electrons. The van der Waals surface area contributed by atoms with Gasteiger partial charge in [-0.05, 0) is 31.0 Å². The summed E-state index contributed by atoms with van der Waals surface area (Å²) in [5.41, 5.74) is 0.437. The number of benzene rings is 1. The molecule has 0 spiro atoms. The minimum Gasteiger partial charge on any atom is -0.207 e. The van der Waals surface area contributed by atoms with Gasteiger partial charge in [-0.15, -0.1) is 0 Å². The van der Waals surface area contributed by atoms with Gasteiger partial charge < -0.3 is 0 Å². The lowest BCUT2D eigenvalue weighted by Gasteiger charge is -2.12. The minimum atomic E-state index is -3.85. The third-order valence-corrected chi connectivity index (χ3v) is 3.91. The van der Waals surface area contributed by atoms with Gasteiger partial charge in [0.1, 0.15) is 11.9 Å². The first-order valence-electron chi connectivity index (χ1n) is 5.08. The molecule has 1 aromatic rings. The van der Waals surface area contributed by atoms with Gasteiger partial charge in [0.05, 0.1) is 11.0 Å². The van der Waals surface area contributed by atoms with Crippen molar-refractivity contribution in [3.05, 3.63) is 29.6 Å². The number of hydrogen-bond acceptors (Lipinski definition) is 3. The van der Waals surface area contributed by atoms with Gasteiger partial charge in [0.25, 0.3) is 0 Å². The van der Waals surface area contributed by atoms with Crippen LogP contribution in [0.4, 0.5) is 4.39 Å². The molecule has 4 nitrogen and oxygen atoms in total. The van der Waals surface area contributed by atoms with Crippen molar-refractivity contribution in [2.24, 2.45) is 0 Å². The first-order valence-corrected chi connectivity index (χ1v) is 6.57. The largest absolute Gasteiger partial charge is 0.242 e. The Labute approximate surface area is 100 Å². The fourth-order valence-corrected chi connectivity index (χ4v) is 2.80. The van der Waals surface area contributed by atoms with E-state index in [1.807, 2.05) is 6.07 Å². The fraction of sp³-hybridized carbons (Fsp3) is 0.364. The number of hydrogen-bond donors (Lipinski definition) is 1. The Bertz CT molecular complexity index is 549. The van der Waals surface area contributed by atoms with Crippen molar-refractivity contribution in [1.29, 1.82) is 5.26 Å². The van der Waals surface area contributed by atoms with Crippen LogP contribution in [0.15, 0.2) is 23.1 Å². The van der Waals surface area contributed by atoms with E-state index in [2.05, 4.69) is 4.72 Å². The topological polar surface area (TPSA) is 70.0 Å². The van der Waals surface area contributed by atoms with E-state index in [-0.39, 0.29) is 4.90 Å². The summed E-state index contributed by atoms with van der Waals surface area (Å²) in [4.78, 5) is -0.133. The van der Waals surface area contributed by atoms with E-state index in [0.717, 1.165) is 6.07 Å². The first-order chi connectivity index (χ1) is 7.90. The zero-order valence-electron chi connectivity index (χ0n) is 9.57. The maximum Gasteiger partial charge on any atom is 0.242 e. The van der Waals surface area contributed by atoms with Gasteiger partial charge in [0.2, 0.25) is 10.0 Å². The van der Waals surface area contributed by atoms with E-state index >= 15 is 0 Å². The molecule has 0 aromatic heterocycles. The van der Waals surface area contributed by atoms with E-state index in [1.165, 1.54) is 12.1 Å². The summed E-state index contributed by atoms with van der Waals surface area (Å²) in [6.45, 7) is 3.26. The Morgan fingerprint density at radius 3 is 2.71 bits per heavy atom. The van der Waals surface area contributed by atoms with E-state index in [1.54, 1.807) is 13.8 Å². The quantitative estimate of drug-likeness (QED) is 0.891. The van der Waals surface area contributed by atoms with Gasteiger partial charge in [0, 0.05) is 0 Å². The van der Waals surface area contributed by atoms with Crippen molar-refractivity contribution in [3.8, 4) is 6.07 Å². The van der Waals surface area contributed by atoms with Crippen LogP contribution in [0.5, 0.6) is 0 Å². The van der Waals surface area contributed by atoms with E-state index < -0.39 is 21.9 Å². The second-order valence-corrected chi connectivity index (χ2v) is 5.30. The van der Waals surface area contributed by atoms with Crippen LogP contribution in [0.1, 0.15) is 18.9 Å². The number of sulfonamides is 1. The predicted molar refractivity (Wildman–Crippen MR) is 61.2 cm³/mol. The lowest BCUT2D eigenvalue weighted by atomic mass is 10.2. The molecule has 0 aliphatic rings. The monoisotopic (exact) mass is 256 g/mol. The van der Waals surface area contributed by atoms with Crippen molar-refractivity contribution in [1.82, 2.24) is 4.72 Å². The number of nitrogens with zero attached hydrogens (tertiary/aromatic N) is 1. The highest BCUT2D eigenvalue weighted by Crippen LogP contribution is 2.16. The van der Waals surface area contributed by atoms with Crippen molar-refractivity contribution < 1.29 is 12.8 Å². The normalized spacial score (nSPS) is 13.1. The van der Waals surface area contributed by atoms with Crippen LogP contribution >= 0.6 is 0 Å². The molecule has 92 valence electrons. The molecule has 0 heterocycles. The van der Waals surface area contributed by atoms with Gasteiger partial charge in [-0.1, -0.05) is 13.0 Å². The average molecular weight is 256 g/mol. The second kappa shape index (κ2) is 5.25. The van der Waals surface area contributed by atoms with Crippen LogP contribution < -0.4 is 4.72 Å². The summed E-state index contributed by atoms with van der Waals surface area (Å²) in [7, 11) is -3.85. The molecule has 6 heteroatoms. The molecule has 0 amide bonds. The molecule has 0 aliphatic carbocycles. The van der Waals surface area contributed by atoms with Crippen LogP contribution in [0.3, 0.4) is 0 Å². The molecule has 0 fully saturated rings. The highest BCUT2D eigenvalue weighted by Gasteiger charge is 2.21. The number of rotatable bonds is 4. The minimum absolute atomic E-state index is 0.133. The highest BCUT2D eigenvalue weighted by molar-refractivity contribution is 7.89. The average Bonchev–Trinajstić information content (AvgIpc) is 2.29. The summed E-state index contributed by atoms with van der Waals surface area (Å²) in [6.07, 6.45) is 0.351. The number of aryl methyl sites for hydroxylation is 1. The summed E-state index contributed by atoms with van der Waals surface area (Å²) >= 11 is 0. The molecule has 17 heavy (non-hydrogen) atoms. The lowest BCUT2D eigenvalue weighted by molar-refractivity contribution is 0.565. The number of nitrogens with one attached hydrogen (secondary N) is 1.